The third kappa shape index (κ3) is 0.441. The fourth-order valence-electron chi connectivity index (χ4n) is 0.444. The second-order valence-electron chi connectivity index (χ2n) is 2.14. The monoisotopic (exact) mass is 113 g/mol. The molecule has 0 spiro atoms. The van der Waals surface area contributed by atoms with Crippen molar-refractivity contribution < 1.29 is 9.59 Å². The Balaban J connectivity index is 2.73. The van der Waals surface area contributed by atoms with Gasteiger partial charge in [0.1, 0.15) is 0 Å². The van der Waals surface area contributed by atoms with Crippen molar-refractivity contribution in [2.45, 2.75) is 19.4 Å². The van der Waals surface area contributed by atoms with Gasteiger partial charge in [0.05, 0.1) is 0 Å². The van der Waals surface area contributed by atoms with Crippen LogP contribution in [0.15, 0.2) is 0 Å². The molecule has 0 aromatic rings. The highest BCUT2D eigenvalue weighted by atomic mass is 16.2. The van der Waals surface area contributed by atoms with Crippen LogP contribution in [0, 0.1) is 0 Å². The van der Waals surface area contributed by atoms with E-state index in [0.717, 1.165) is 0 Å². The van der Waals surface area contributed by atoms with E-state index in [1.807, 2.05) is 0 Å². The summed E-state index contributed by atoms with van der Waals surface area (Å²) in [5, 5.41) is 2.42. The minimum absolute atomic E-state index is 0.109. The van der Waals surface area contributed by atoms with E-state index in [1.54, 1.807) is 6.92 Å². The Morgan fingerprint density at radius 1 is 1.75 bits per heavy atom. The maximum atomic E-state index is 10.5. The summed E-state index contributed by atoms with van der Waals surface area (Å²) >= 11 is 0. The van der Waals surface area contributed by atoms with Gasteiger partial charge in [-0.1, -0.05) is 0 Å². The van der Waals surface area contributed by atoms with Crippen molar-refractivity contribution in [1.82, 2.24) is 5.32 Å². The number of hydrogen-bond donors (Lipinski definition) is 1. The minimum atomic E-state index is -0.819. The molecule has 1 unspecified atom stereocenters. The van der Waals surface area contributed by atoms with E-state index >= 15 is 0 Å². The van der Waals surface area contributed by atoms with E-state index in [-0.39, 0.29) is 11.7 Å². The number of rotatable bonds is 1. The summed E-state index contributed by atoms with van der Waals surface area (Å²) in [4.78, 5) is 20.8. The van der Waals surface area contributed by atoms with Crippen molar-refractivity contribution in [2.24, 2.45) is 0 Å². The lowest BCUT2D eigenvalue weighted by molar-refractivity contribution is -0.121. The van der Waals surface area contributed by atoms with Crippen molar-refractivity contribution in [3.8, 4) is 0 Å². The lowest BCUT2D eigenvalue weighted by Gasteiger charge is -1.91. The van der Waals surface area contributed by atoms with Crippen molar-refractivity contribution in [1.29, 1.82) is 0 Å². The van der Waals surface area contributed by atoms with E-state index < -0.39 is 5.54 Å². The topological polar surface area (TPSA) is 56.1 Å². The molecule has 1 heterocycles. The molecule has 0 aromatic carbocycles. The van der Waals surface area contributed by atoms with Gasteiger partial charge < -0.3 is 5.32 Å². The molecule has 1 fully saturated rings. The number of amides is 1. The zero-order valence-electron chi connectivity index (χ0n) is 4.82. The zero-order valence-corrected chi connectivity index (χ0v) is 4.82. The van der Waals surface area contributed by atoms with Crippen LogP contribution in [-0.2, 0) is 9.59 Å². The average molecular weight is 113 g/mol. The molecule has 3 heteroatoms. The molecule has 1 atom stereocenters. The van der Waals surface area contributed by atoms with E-state index in [2.05, 4.69) is 5.32 Å². The number of ketones is 1. The lowest BCUT2D eigenvalue weighted by atomic mass is 10.1. The van der Waals surface area contributed by atoms with Gasteiger partial charge in [0.25, 0.3) is 5.91 Å². The van der Waals surface area contributed by atoms with Crippen LogP contribution in [0.2, 0.25) is 0 Å². The van der Waals surface area contributed by atoms with Crippen LogP contribution < -0.4 is 5.32 Å². The maximum Gasteiger partial charge on any atom is 0.254 e. The first-order valence-corrected chi connectivity index (χ1v) is 2.41. The van der Waals surface area contributed by atoms with Crippen molar-refractivity contribution in [2.75, 3.05) is 0 Å². The first-order valence-electron chi connectivity index (χ1n) is 2.41. The molecule has 1 aliphatic heterocycles. The number of hydrogen-bond acceptors (Lipinski definition) is 2. The van der Waals surface area contributed by atoms with Crippen molar-refractivity contribution >= 4 is 11.7 Å². The Bertz CT molecular complexity index is 164. The van der Waals surface area contributed by atoms with Crippen LogP contribution in [0.5, 0.6) is 0 Å². The molecule has 0 radical (unpaired) electrons. The zero-order chi connectivity index (χ0) is 6.36. The van der Waals surface area contributed by atoms with Gasteiger partial charge in [-0.05, 0) is 13.8 Å². The van der Waals surface area contributed by atoms with Crippen LogP contribution in [-0.4, -0.2) is 17.2 Å². The van der Waals surface area contributed by atoms with Gasteiger partial charge in [-0.15, -0.1) is 0 Å². The Kier molecular flexibility index (Phi) is 0.726. The molecule has 0 aliphatic carbocycles. The summed E-state index contributed by atoms with van der Waals surface area (Å²) in [5.74, 6) is -0.271. The van der Waals surface area contributed by atoms with Gasteiger partial charge in [-0.25, -0.2) is 0 Å². The van der Waals surface area contributed by atoms with Crippen LogP contribution >= 0.6 is 0 Å². The van der Waals surface area contributed by atoms with Gasteiger partial charge in [0.2, 0.25) is 0 Å². The minimum Gasteiger partial charge on any atom is -0.333 e. The molecule has 3 nitrogen and oxygen atoms in total. The quantitative estimate of drug-likeness (QED) is 0.367. The fourth-order valence-corrected chi connectivity index (χ4v) is 0.444. The second kappa shape index (κ2) is 1.10. The fraction of sp³-hybridized carbons (Fsp3) is 0.600. The van der Waals surface area contributed by atoms with Crippen LogP contribution in [0.4, 0.5) is 0 Å². The highest BCUT2D eigenvalue weighted by Gasteiger charge is 2.53. The molecular weight excluding hydrogens is 106 g/mol. The van der Waals surface area contributed by atoms with E-state index in [1.165, 1.54) is 6.92 Å². The number of carbonyl (C=O) groups is 2. The number of carbonyl (C=O) groups excluding carboxylic acids is 2. The van der Waals surface area contributed by atoms with Gasteiger partial charge >= 0.3 is 0 Å². The molecule has 8 heavy (non-hydrogen) atoms. The molecule has 1 amide bonds. The van der Waals surface area contributed by atoms with Gasteiger partial charge in [0, 0.05) is 0 Å². The SMILES string of the molecule is CC(=O)C1(C)NC1=O. The summed E-state index contributed by atoms with van der Waals surface area (Å²) in [6, 6.07) is 0. The van der Waals surface area contributed by atoms with Crippen molar-refractivity contribution in [3.63, 3.8) is 0 Å². The summed E-state index contributed by atoms with van der Waals surface area (Å²) in [7, 11) is 0. The first-order chi connectivity index (χ1) is 3.57. The molecule has 0 aromatic heterocycles. The Labute approximate surface area is 47.1 Å². The van der Waals surface area contributed by atoms with Crippen LogP contribution in [0.1, 0.15) is 13.8 Å². The molecule has 1 saturated heterocycles. The average Bonchev–Trinajstić information content (AvgIpc) is 2.17. The van der Waals surface area contributed by atoms with E-state index in [0.29, 0.717) is 0 Å². The predicted molar refractivity (Wildman–Crippen MR) is 27.2 cm³/mol. The Hall–Kier alpha value is -0.860. The third-order valence-corrected chi connectivity index (χ3v) is 1.46. The molecular formula is C5H7NO2. The van der Waals surface area contributed by atoms with Gasteiger partial charge in [-0.3, -0.25) is 9.59 Å². The lowest BCUT2D eigenvalue weighted by Crippen LogP contribution is -2.20. The molecule has 1 N–H and O–H groups in total. The maximum absolute atomic E-state index is 10.5. The van der Waals surface area contributed by atoms with E-state index in [9.17, 15) is 9.59 Å². The van der Waals surface area contributed by atoms with Crippen LogP contribution in [0.25, 0.3) is 0 Å². The molecule has 44 valence electrons. The largest absolute Gasteiger partial charge is 0.333 e. The first kappa shape index (κ1) is 5.28. The Morgan fingerprint density at radius 2 is 2.12 bits per heavy atom. The highest BCUT2D eigenvalue weighted by Crippen LogP contribution is 2.17. The third-order valence-electron chi connectivity index (χ3n) is 1.46. The van der Waals surface area contributed by atoms with E-state index in [4.69, 9.17) is 0 Å². The highest BCUT2D eigenvalue weighted by molar-refractivity contribution is 6.21. The summed E-state index contributed by atoms with van der Waals surface area (Å²) < 4.78 is 0. The van der Waals surface area contributed by atoms with Gasteiger partial charge in [0.15, 0.2) is 11.3 Å². The second-order valence-corrected chi connectivity index (χ2v) is 2.14. The summed E-state index contributed by atoms with van der Waals surface area (Å²) in [6.45, 7) is 2.98. The normalized spacial score (nSPS) is 34.0. The standard InChI is InChI=1S/C5H7NO2/c1-3(7)5(2)4(8)6-5/h1-2H3,(H,6,8). The smallest absolute Gasteiger partial charge is 0.254 e. The summed E-state index contributed by atoms with van der Waals surface area (Å²) in [6.07, 6.45) is 0. The predicted octanol–water partition coefficient (Wildman–Crippen LogP) is -0.536. The van der Waals surface area contributed by atoms with Crippen molar-refractivity contribution in [3.05, 3.63) is 0 Å². The molecule has 0 saturated carbocycles. The van der Waals surface area contributed by atoms with Crippen LogP contribution in [0.3, 0.4) is 0 Å². The molecule has 1 aliphatic rings. The molecule has 0 bridgehead atoms. The summed E-state index contributed by atoms with van der Waals surface area (Å²) in [5.41, 5.74) is -0.819. The number of Topliss-reactive ketones (excluding diaryl/α,β-unsaturated/α-hetero) is 1. The van der Waals surface area contributed by atoms with Gasteiger partial charge in [-0.2, -0.15) is 0 Å². The Morgan fingerprint density at radius 3 is 2.12 bits per heavy atom. The number of nitrogens with one attached hydrogen (secondary N) is 1. The molecule has 1 rings (SSSR count).